The van der Waals surface area contributed by atoms with E-state index in [1.165, 1.54) is 0 Å². The largest absolute Gasteiger partial charge is 0.389 e. The summed E-state index contributed by atoms with van der Waals surface area (Å²) in [4.78, 5) is 4.34. The molecule has 1 aromatic carbocycles. The Morgan fingerprint density at radius 1 is 1.20 bits per heavy atom. The van der Waals surface area contributed by atoms with Crippen LogP contribution in [0.4, 0.5) is 13.2 Å². The highest BCUT2D eigenvalue weighted by Gasteiger charge is 2.26. The van der Waals surface area contributed by atoms with Gasteiger partial charge in [0.1, 0.15) is 11.3 Å². The van der Waals surface area contributed by atoms with Crippen molar-refractivity contribution in [1.29, 1.82) is 0 Å². The molecule has 110 valence electrons. The molecule has 2 rings (SSSR count). The average Bonchev–Trinajstić information content (AvgIpc) is 2.73. The molecule has 0 spiro atoms. The van der Waals surface area contributed by atoms with Gasteiger partial charge in [-0.3, -0.25) is 0 Å². The molecule has 20 heavy (non-hydrogen) atoms. The zero-order valence-corrected chi connectivity index (χ0v) is 12.1. The Morgan fingerprint density at radius 2 is 1.95 bits per heavy atom. The molecule has 0 aliphatic carbocycles. The lowest BCUT2D eigenvalue weighted by atomic mass is 10.2. The Labute approximate surface area is 124 Å². The summed E-state index contributed by atoms with van der Waals surface area (Å²) in [5, 5.41) is 0.517. The Kier molecular flexibility index (Phi) is 4.81. The summed E-state index contributed by atoms with van der Waals surface area (Å²) in [6, 6.07) is 5.35. The second-order valence-corrected chi connectivity index (χ2v) is 5.17. The number of halogens is 5. The van der Waals surface area contributed by atoms with E-state index < -0.39 is 12.6 Å². The maximum atomic E-state index is 12.1. The Morgan fingerprint density at radius 3 is 2.60 bits per heavy atom. The average molecular weight is 325 g/mol. The van der Waals surface area contributed by atoms with E-state index in [4.69, 9.17) is 23.2 Å². The number of unbranched alkanes of at least 4 members (excludes halogenated alkanes) is 1. The van der Waals surface area contributed by atoms with Crippen molar-refractivity contribution in [1.82, 2.24) is 9.55 Å². The van der Waals surface area contributed by atoms with Gasteiger partial charge in [-0.05, 0) is 25.0 Å². The molecule has 0 saturated heterocycles. The summed E-state index contributed by atoms with van der Waals surface area (Å²) in [6.45, 7) is 0.453. The number of alkyl halides is 4. The van der Waals surface area contributed by atoms with Gasteiger partial charge in [-0.25, -0.2) is 4.98 Å². The maximum Gasteiger partial charge on any atom is 0.389 e. The van der Waals surface area contributed by atoms with Gasteiger partial charge in [0, 0.05) is 13.0 Å². The van der Waals surface area contributed by atoms with E-state index >= 15 is 0 Å². The molecule has 0 fully saturated rings. The number of aromatic nitrogens is 2. The first-order valence-electron chi connectivity index (χ1n) is 6.18. The van der Waals surface area contributed by atoms with Crippen LogP contribution in [0.3, 0.4) is 0 Å². The Bertz CT molecular complexity index is 593. The third-order valence-electron chi connectivity index (χ3n) is 3.02. The predicted octanol–water partition coefficient (Wildman–Crippen LogP) is 5.16. The first kappa shape index (κ1) is 15.4. The number of para-hydroxylation sites is 1. The van der Waals surface area contributed by atoms with Crippen molar-refractivity contribution in [3.63, 3.8) is 0 Å². The van der Waals surface area contributed by atoms with Crippen LogP contribution < -0.4 is 0 Å². The highest BCUT2D eigenvalue weighted by Crippen LogP contribution is 2.26. The Hall–Kier alpha value is -0.940. The summed E-state index contributed by atoms with van der Waals surface area (Å²) in [5.41, 5.74) is 1.45. The van der Waals surface area contributed by atoms with Gasteiger partial charge in [0.2, 0.25) is 0 Å². The van der Waals surface area contributed by atoms with E-state index in [0.717, 1.165) is 5.52 Å². The van der Waals surface area contributed by atoms with Crippen molar-refractivity contribution in [3.05, 3.63) is 29.0 Å². The van der Waals surface area contributed by atoms with Crippen LogP contribution in [-0.4, -0.2) is 15.7 Å². The molecule has 0 aliphatic heterocycles. The fourth-order valence-electron chi connectivity index (χ4n) is 2.11. The van der Waals surface area contributed by atoms with Gasteiger partial charge in [0.15, 0.2) is 0 Å². The first-order valence-corrected chi connectivity index (χ1v) is 7.10. The normalized spacial score (nSPS) is 12.2. The number of benzene rings is 1. The van der Waals surface area contributed by atoms with Crippen LogP contribution in [0, 0.1) is 0 Å². The van der Waals surface area contributed by atoms with Gasteiger partial charge in [-0.15, -0.1) is 11.6 Å². The standard InChI is InChI=1S/C13H13Cl2F3N2/c14-8-11-19-12-9(15)4-3-5-10(12)20(11)7-2-1-6-13(16,17)18/h3-5H,1-2,6-8H2. The molecule has 1 aromatic heterocycles. The van der Waals surface area contributed by atoms with Gasteiger partial charge in [-0.1, -0.05) is 17.7 Å². The zero-order valence-electron chi connectivity index (χ0n) is 10.6. The van der Waals surface area contributed by atoms with Gasteiger partial charge >= 0.3 is 6.18 Å². The van der Waals surface area contributed by atoms with E-state index in [9.17, 15) is 13.2 Å². The molecule has 0 bridgehead atoms. The first-order chi connectivity index (χ1) is 9.42. The van der Waals surface area contributed by atoms with E-state index in [-0.39, 0.29) is 12.3 Å². The van der Waals surface area contributed by atoms with Crippen LogP contribution in [0.15, 0.2) is 18.2 Å². The predicted molar refractivity (Wildman–Crippen MR) is 74.2 cm³/mol. The lowest BCUT2D eigenvalue weighted by molar-refractivity contribution is -0.135. The quantitative estimate of drug-likeness (QED) is 0.548. The molecule has 2 aromatic rings. The minimum absolute atomic E-state index is 0.0888. The van der Waals surface area contributed by atoms with Crippen LogP contribution in [0.25, 0.3) is 11.0 Å². The summed E-state index contributed by atoms with van der Waals surface area (Å²) in [5.74, 6) is 0.825. The number of fused-ring (bicyclic) bond motifs is 1. The summed E-state index contributed by atoms with van der Waals surface area (Å²) < 4.78 is 38.2. The second kappa shape index (κ2) is 6.22. The Balaban J connectivity index is 2.14. The fraction of sp³-hybridized carbons (Fsp3) is 0.462. The van der Waals surface area contributed by atoms with Crippen molar-refractivity contribution in [2.75, 3.05) is 0 Å². The highest BCUT2D eigenvalue weighted by molar-refractivity contribution is 6.34. The summed E-state index contributed by atoms with van der Waals surface area (Å²) >= 11 is 11.9. The fourth-order valence-corrected chi connectivity index (χ4v) is 2.52. The number of aryl methyl sites for hydroxylation is 1. The van der Waals surface area contributed by atoms with Gasteiger partial charge in [0.05, 0.1) is 16.4 Å². The van der Waals surface area contributed by atoms with E-state index in [1.807, 2.05) is 10.6 Å². The van der Waals surface area contributed by atoms with Crippen molar-refractivity contribution in [2.45, 2.75) is 37.9 Å². The highest BCUT2D eigenvalue weighted by atomic mass is 35.5. The zero-order chi connectivity index (χ0) is 14.8. The van der Waals surface area contributed by atoms with Crippen LogP contribution in [0.1, 0.15) is 25.1 Å². The molecule has 2 nitrogen and oxygen atoms in total. The molecule has 0 N–H and O–H groups in total. The molecular weight excluding hydrogens is 312 g/mol. The van der Waals surface area contributed by atoms with E-state index in [0.29, 0.717) is 29.3 Å². The number of rotatable bonds is 5. The van der Waals surface area contributed by atoms with Gasteiger partial charge < -0.3 is 4.57 Å². The number of hydrogen-bond acceptors (Lipinski definition) is 1. The smallest absolute Gasteiger partial charge is 0.327 e. The van der Waals surface area contributed by atoms with Gasteiger partial charge in [0.25, 0.3) is 0 Å². The molecule has 0 radical (unpaired) electrons. The molecule has 0 amide bonds. The van der Waals surface area contributed by atoms with Gasteiger partial charge in [-0.2, -0.15) is 13.2 Å². The van der Waals surface area contributed by atoms with Crippen molar-refractivity contribution >= 4 is 34.2 Å². The van der Waals surface area contributed by atoms with E-state index in [2.05, 4.69) is 4.98 Å². The molecule has 0 aliphatic rings. The minimum atomic E-state index is -4.10. The second-order valence-electron chi connectivity index (χ2n) is 4.49. The number of imidazole rings is 1. The number of nitrogens with zero attached hydrogens (tertiary/aromatic N) is 2. The molecule has 1 heterocycles. The molecular formula is C13H13Cl2F3N2. The third kappa shape index (κ3) is 3.58. The minimum Gasteiger partial charge on any atom is -0.327 e. The van der Waals surface area contributed by atoms with Crippen LogP contribution in [0.2, 0.25) is 5.02 Å². The lowest BCUT2D eigenvalue weighted by Gasteiger charge is -2.09. The summed E-state index contributed by atoms with van der Waals surface area (Å²) in [7, 11) is 0. The summed E-state index contributed by atoms with van der Waals surface area (Å²) in [6.07, 6.45) is -4.36. The molecule has 0 unspecified atom stereocenters. The van der Waals surface area contributed by atoms with Crippen LogP contribution >= 0.6 is 23.2 Å². The topological polar surface area (TPSA) is 17.8 Å². The third-order valence-corrected chi connectivity index (χ3v) is 3.56. The number of hydrogen-bond donors (Lipinski definition) is 0. The van der Waals surface area contributed by atoms with Crippen molar-refractivity contribution in [3.8, 4) is 0 Å². The lowest BCUT2D eigenvalue weighted by Crippen LogP contribution is -2.08. The van der Waals surface area contributed by atoms with Crippen molar-refractivity contribution in [2.24, 2.45) is 0 Å². The maximum absolute atomic E-state index is 12.1. The molecule has 0 saturated carbocycles. The van der Waals surface area contributed by atoms with Crippen molar-refractivity contribution < 1.29 is 13.2 Å². The molecule has 0 atom stereocenters. The SMILES string of the molecule is FC(F)(F)CCCCn1c(CCl)nc2c(Cl)cccc21. The van der Waals surface area contributed by atoms with Crippen LogP contribution in [0.5, 0.6) is 0 Å². The van der Waals surface area contributed by atoms with Crippen LogP contribution in [-0.2, 0) is 12.4 Å². The molecule has 7 heteroatoms. The van der Waals surface area contributed by atoms with E-state index in [1.54, 1.807) is 12.1 Å². The monoisotopic (exact) mass is 324 g/mol.